The van der Waals surface area contributed by atoms with E-state index in [2.05, 4.69) is 0 Å². The van der Waals surface area contributed by atoms with Gasteiger partial charge in [-0.3, -0.25) is 4.79 Å². The predicted molar refractivity (Wildman–Crippen MR) is 50.8 cm³/mol. The van der Waals surface area contributed by atoms with Gasteiger partial charge in [0.05, 0.1) is 0 Å². The number of carbonyl (C=O) groups excluding carboxylic acids is 1. The number of carboxylic acids is 1. The summed E-state index contributed by atoms with van der Waals surface area (Å²) in [6.07, 6.45) is -0.0316. The Bertz CT molecular complexity index is 303. The molecule has 0 heterocycles. The molecule has 1 rings (SSSR count). The van der Waals surface area contributed by atoms with Crippen molar-refractivity contribution < 1.29 is 17.5 Å². The minimum Gasteiger partial charge on any atom is -1.00 e. The van der Waals surface area contributed by atoms with Crippen molar-refractivity contribution in [2.24, 2.45) is 0 Å². The van der Waals surface area contributed by atoms with E-state index in [1.165, 1.54) is 0 Å². The van der Waals surface area contributed by atoms with Crippen LogP contribution in [0.5, 0.6) is 0 Å². The molecular weight excluding hydrogens is 196 g/mol. The molecular formula is C9H10CaO3. The zero-order valence-corrected chi connectivity index (χ0v) is 9.27. The van der Waals surface area contributed by atoms with E-state index in [4.69, 9.17) is 5.11 Å². The molecule has 0 radical (unpaired) electrons. The van der Waals surface area contributed by atoms with Crippen LogP contribution in [0, 0.1) is 0 Å². The monoisotopic (exact) mass is 206 g/mol. The summed E-state index contributed by atoms with van der Waals surface area (Å²) in [6.45, 7) is 0. The van der Waals surface area contributed by atoms with E-state index in [1.807, 2.05) is 6.07 Å². The fourth-order valence-electron chi connectivity index (χ4n) is 0.857. The molecule has 0 saturated heterocycles. The van der Waals surface area contributed by atoms with Gasteiger partial charge < -0.3 is 7.96 Å². The Morgan fingerprint density at radius 1 is 1.23 bits per heavy atom. The van der Waals surface area contributed by atoms with E-state index < -0.39 is 11.8 Å². The van der Waals surface area contributed by atoms with Crippen LogP contribution in [0.25, 0.3) is 0 Å². The van der Waals surface area contributed by atoms with Gasteiger partial charge in [0.1, 0.15) is 0 Å². The van der Waals surface area contributed by atoms with Crippen molar-refractivity contribution >= 4 is 49.5 Å². The number of rotatable bonds is 3. The number of hydrogen-bond acceptors (Lipinski definition) is 2. The third-order valence-corrected chi connectivity index (χ3v) is 1.45. The molecule has 1 aromatic carbocycles. The first-order chi connectivity index (χ1) is 5.70. The van der Waals surface area contributed by atoms with Crippen LogP contribution in [0.1, 0.15) is 8.42 Å². The van der Waals surface area contributed by atoms with Crippen molar-refractivity contribution in [2.75, 3.05) is 0 Å². The summed E-state index contributed by atoms with van der Waals surface area (Å²) in [6, 6.07) is 8.80. The van der Waals surface area contributed by atoms with Gasteiger partial charge in [-0.25, -0.2) is 4.79 Å². The summed E-state index contributed by atoms with van der Waals surface area (Å²) < 4.78 is 0. The Balaban J connectivity index is -0.000000480. The summed E-state index contributed by atoms with van der Waals surface area (Å²) in [5.74, 6) is -2.15. The molecule has 3 nitrogen and oxygen atoms in total. The Kier molecular flexibility index (Phi) is 5.95. The van der Waals surface area contributed by atoms with Crippen molar-refractivity contribution in [3.05, 3.63) is 35.9 Å². The molecule has 0 aliphatic rings. The van der Waals surface area contributed by atoms with E-state index in [0.717, 1.165) is 5.56 Å². The number of carbonyl (C=O) groups is 2. The zero-order valence-electron chi connectivity index (χ0n) is 9.06. The second kappa shape index (κ2) is 6.13. The van der Waals surface area contributed by atoms with E-state index in [0.29, 0.717) is 0 Å². The molecule has 13 heavy (non-hydrogen) atoms. The van der Waals surface area contributed by atoms with Gasteiger partial charge in [-0.2, -0.15) is 0 Å². The first-order valence-electron chi connectivity index (χ1n) is 3.50. The van der Waals surface area contributed by atoms with Gasteiger partial charge in [0, 0.05) is 6.42 Å². The van der Waals surface area contributed by atoms with Crippen LogP contribution < -0.4 is 0 Å². The zero-order chi connectivity index (χ0) is 8.97. The third kappa shape index (κ3) is 4.41. The quantitative estimate of drug-likeness (QED) is 0.586. The first kappa shape index (κ1) is 12.6. The Morgan fingerprint density at radius 3 is 2.23 bits per heavy atom. The van der Waals surface area contributed by atoms with Crippen molar-refractivity contribution in [1.29, 1.82) is 0 Å². The van der Waals surface area contributed by atoms with Gasteiger partial charge in [0.15, 0.2) is 0 Å². The average molecular weight is 206 g/mol. The maximum atomic E-state index is 10.7. The normalized spacial score (nSPS) is 8.62. The number of aliphatic carboxylic acids is 1. The SMILES string of the molecule is O=C(O)C(=O)Cc1ccccc1.[Ca+2].[H-].[H-]. The molecule has 0 fully saturated rings. The molecule has 0 aliphatic heterocycles. The molecule has 0 amide bonds. The maximum absolute atomic E-state index is 10.7. The Labute approximate surface area is 109 Å². The molecule has 0 unspecified atom stereocenters. The molecule has 1 N–H and O–H groups in total. The fraction of sp³-hybridized carbons (Fsp3) is 0.111. The molecule has 66 valence electrons. The number of benzene rings is 1. The van der Waals surface area contributed by atoms with Gasteiger partial charge in [-0.15, -0.1) is 0 Å². The topological polar surface area (TPSA) is 54.4 Å². The molecule has 4 heteroatoms. The van der Waals surface area contributed by atoms with Crippen molar-refractivity contribution in [2.45, 2.75) is 6.42 Å². The molecule has 0 saturated carbocycles. The van der Waals surface area contributed by atoms with Crippen LogP contribution in [0.4, 0.5) is 0 Å². The van der Waals surface area contributed by atoms with Crippen molar-refractivity contribution in [1.82, 2.24) is 0 Å². The Hall–Kier alpha value is -0.380. The van der Waals surface area contributed by atoms with E-state index in [-0.39, 0.29) is 47.0 Å². The fourth-order valence-corrected chi connectivity index (χ4v) is 0.857. The first-order valence-corrected chi connectivity index (χ1v) is 3.50. The standard InChI is InChI=1S/C9H8O3.Ca.2H/c10-8(9(11)12)6-7-4-2-1-3-5-7;;;/h1-5H,6H2,(H,11,12);;;/q;+2;2*-1. The predicted octanol–water partition coefficient (Wildman–Crippen LogP) is 0.727. The van der Waals surface area contributed by atoms with Crippen LogP contribution in [0.3, 0.4) is 0 Å². The number of carboxylic acid groups (broad SMARTS) is 1. The van der Waals surface area contributed by atoms with Gasteiger partial charge in [-0.1, -0.05) is 30.3 Å². The van der Waals surface area contributed by atoms with Crippen LogP contribution >= 0.6 is 0 Å². The number of hydrogen-bond donors (Lipinski definition) is 1. The van der Waals surface area contributed by atoms with Gasteiger partial charge in [0.2, 0.25) is 5.78 Å². The van der Waals surface area contributed by atoms with Gasteiger partial charge in [-0.05, 0) is 5.56 Å². The Morgan fingerprint density at radius 2 is 1.77 bits per heavy atom. The molecule has 0 bridgehead atoms. The van der Waals surface area contributed by atoms with Crippen LogP contribution in [-0.2, 0) is 16.0 Å². The van der Waals surface area contributed by atoms with E-state index >= 15 is 0 Å². The van der Waals surface area contributed by atoms with Gasteiger partial charge in [0.25, 0.3) is 0 Å². The largest absolute Gasteiger partial charge is 2.00 e. The average Bonchev–Trinajstić information content (AvgIpc) is 2.06. The minimum absolute atomic E-state index is 0. The van der Waals surface area contributed by atoms with E-state index in [1.54, 1.807) is 24.3 Å². The van der Waals surface area contributed by atoms with Gasteiger partial charge >= 0.3 is 43.7 Å². The van der Waals surface area contributed by atoms with Crippen molar-refractivity contribution in [3.8, 4) is 0 Å². The molecule has 0 aromatic heterocycles. The molecule has 1 aromatic rings. The summed E-state index contributed by atoms with van der Waals surface area (Å²) in [4.78, 5) is 20.9. The van der Waals surface area contributed by atoms with Crippen LogP contribution in [-0.4, -0.2) is 54.6 Å². The second-order valence-electron chi connectivity index (χ2n) is 2.39. The second-order valence-corrected chi connectivity index (χ2v) is 2.39. The van der Waals surface area contributed by atoms with E-state index in [9.17, 15) is 9.59 Å². The maximum Gasteiger partial charge on any atom is 2.00 e. The van der Waals surface area contributed by atoms with Crippen LogP contribution in [0.2, 0.25) is 0 Å². The molecule has 0 spiro atoms. The number of Topliss-reactive ketones (excluding diaryl/α,β-unsaturated/α-hetero) is 1. The smallest absolute Gasteiger partial charge is 1.00 e. The summed E-state index contributed by atoms with van der Waals surface area (Å²) >= 11 is 0. The third-order valence-electron chi connectivity index (χ3n) is 1.45. The summed E-state index contributed by atoms with van der Waals surface area (Å²) in [5, 5.41) is 8.29. The minimum atomic E-state index is -1.38. The van der Waals surface area contributed by atoms with Crippen LogP contribution in [0.15, 0.2) is 30.3 Å². The number of ketones is 1. The van der Waals surface area contributed by atoms with Crippen molar-refractivity contribution in [3.63, 3.8) is 0 Å². The molecule has 0 aliphatic carbocycles. The molecule has 0 atom stereocenters. The summed E-state index contributed by atoms with van der Waals surface area (Å²) in [5.41, 5.74) is 0.727. The summed E-state index contributed by atoms with van der Waals surface area (Å²) in [7, 11) is 0.